The first-order valence-electron chi connectivity index (χ1n) is 7.33. The van der Waals surface area contributed by atoms with Gasteiger partial charge in [0.1, 0.15) is 0 Å². The Balaban J connectivity index is 1.82. The molecule has 1 atom stereocenters. The maximum atomic E-state index is 12.0. The van der Waals surface area contributed by atoms with E-state index in [1.165, 1.54) is 6.42 Å². The van der Waals surface area contributed by atoms with Crippen molar-refractivity contribution in [2.75, 3.05) is 19.7 Å². The zero-order valence-electron chi connectivity index (χ0n) is 12.1. The van der Waals surface area contributed by atoms with Crippen molar-refractivity contribution >= 4 is 5.91 Å². The minimum absolute atomic E-state index is 0.130. The summed E-state index contributed by atoms with van der Waals surface area (Å²) in [5, 5.41) is 2.90. The number of pyridine rings is 1. The molecule has 2 heterocycles. The number of nitrogens with one attached hydrogen (secondary N) is 1. The third-order valence-corrected chi connectivity index (χ3v) is 3.36. The molecule has 0 radical (unpaired) electrons. The van der Waals surface area contributed by atoms with Crippen LogP contribution in [0.3, 0.4) is 0 Å². The molecule has 112 valence electrons. The summed E-state index contributed by atoms with van der Waals surface area (Å²) < 4.78 is 5.64. The van der Waals surface area contributed by atoms with E-state index in [0.29, 0.717) is 17.7 Å². The van der Waals surface area contributed by atoms with Crippen molar-refractivity contribution in [3.05, 3.63) is 29.6 Å². The van der Waals surface area contributed by atoms with Gasteiger partial charge in [0, 0.05) is 31.1 Å². The van der Waals surface area contributed by atoms with E-state index in [1.807, 2.05) is 0 Å². The van der Waals surface area contributed by atoms with E-state index in [1.54, 1.807) is 18.5 Å². The Morgan fingerprint density at radius 3 is 3.14 bits per heavy atom. The van der Waals surface area contributed by atoms with E-state index in [4.69, 9.17) is 10.5 Å². The number of amides is 1. The van der Waals surface area contributed by atoms with Crippen molar-refractivity contribution < 1.29 is 9.53 Å². The molecule has 1 fully saturated rings. The van der Waals surface area contributed by atoms with Gasteiger partial charge in [-0.25, -0.2) is 0 Å². The van der Waals surface area contributed by atoms with Gasteiger partial charge in [0.15, 0.2) is 0 Å². The molecule has 0 aliphatic carbocycles. The number of nitrogens with two attached hydrogens (primary N) is 1. The predicted molar refractivity (Wildman–Crippen MR) is 80.7 cm³/mol. The topological polar surface area (TPSA) is 77.2 Å². The van der Waals surface area contributed by atoms with Crippen LogP contribution < -0.4 is 11.1 Å². The first-order valence-corrected chi connectivity index (χ1v) is 7.33. The van der Waals surface area contributed by atoms with E-state index >= 15 is 0 Å². The Kier molecular flexibility index (Phi) is 6.20. The second-order valence-electron chi connectivity index (χ2n) is 5.00. The van der Waals surface area contributed by atoms with Crippen LogP contribution in [0.15, 0.2) is 18.5 Å². The zero-order valence-corrected chi connectivity index (χ0v) is 12.1. The normalized spacial score (nSPS) is 17.7. The Labute approximate surface area is 125 Å². The number of rotatable bonds is 4. The second kappa shape index (κ2) is 8.40. The quantitative estimate of drug-likeness (QED) is 0.812. The highest BCUT2D eigenvalue weighted by Gasteiger charge is 2.14. The van der Waals surface area contributed by atoms with Gasteiger partial charge in [0.2, 0.25) is 0 Å². The van der Waals surface area contributed by atoms with Crippen LogP contribution in [0.1, 0.15) is 41.6 Å². The summed E-state index contributed by atoms with van der Waals surface area (Å²) in [5.41, 5.74) is 6.54. The molecule has 1 aliphatic heterocycles. The van der Waals surface area contributed by atoms with Crippen molar-refractivity contribution in [3.63, 3.8) is 0 Å². The Morgan fingerprint density at radius 1 is 1.48 bits per heavy atom. The van der Waals surface area contributed by atoms with Gasteiger partial charge in [-0.3, -0.25) is 9.78 Å². The van der Waals surface area contributed by atoms with Crippen LogP contribution in [-0.4, -0.2) is 36.7 Å². The lowest BCUT2D eigenvalue weighted by Gasteiger charge is -2.22. The fraction of sp³-hybridized carbons (Fsp3) is 0.500. The average Bonchev–Trinajstić information content (AvgIpc) is 2.54. The number of ether oxygens (including phenoxy) is 1. The molecule has 0 saturated carbocycles. The number of carbonyl (C=O) groups excluding carboxylic acids is 1. The summed E-state index contributed by atoms with van der Waals surface area (Å²) in [6, 6.07) is 1.72. The lowest BCUT2D eigenvalue weighted by Crippen LogP contribution is -2.29. The molecular weight excluding hydrogens is 266 g/mol. The molecule has 2 rings (SSSR count). The average molecular weight is 287 g/mol. The molecule has 1 aliphatic rings. The third-order valence-electron chi connectivity index (χ3n) is 3.36. The Bertz CT molecular complexity index is 528. The maximum Gasteiger partial charge on any atom is 0.252 e. The highest BCUT2D eigenvalue weighted by atomic mass is 16.5. The predicted octanol–water partition coefficient (Wildman–Crippen LogP) is 1.08. The van der Waals surface area contributed by atoms with Gasteiger partial charge in [-0.15, -0.1) is 0 Å². The summed E-state index contributed by atoms with van der Waals surface area (Å²) in [6.45, 7) is 1.74. The van der Waals surface area contributed by atoms with Crippen LogP contribution >= 0.6 is 0 Å². The van der Waals surface area contributed by atoms with Crippen LogP contribution in [0.5, 0.6) is 0 Å². The fourth-order valence-corrected chi connectivity index (χ4v) is 2.27. The number of hydrogen-bond acceptors (Lipinski definition) is 4. The maximum absolute atomic E-state index is 12.0. The Hall–Kier alpha value is -1.90. The van der Waals surface area contributed by atoms with E-state index in [-0.39, 0.29) is 18.6 Å². The molecule has 1 aromatic heterocycles. The molecule has 1 amide bonds. The molecule has 5 heteroatoms. The highest BCUT2D eigenvalue weighted by molar-refractivity contribution is 5.94. The minimum Gasteiger partial charge on any atom is -0.378 e. The summed E-state index contributed by atoms with van der Waals surface area (Å²) in [5.74, 6) is 5.49. The largest absolute Gasteiger partial charge is 0.378 e. The molecule has 3 N–H and O–H groups in total. The summed E-state index contributed by atoms with van der Waals surface area (Å²) >= 11 is 0. The van der Waals surface area contributed by atoms with Crippen molar-refractivity contribution in [2.45, 2.75) is 31.8 Å². The van der Waals surface area contributed by atoms with E-state index in [2.05, 4.69) is 22.1 Å². The molecule has 21 heavy (non-hydrogen) atoms. The first-order chi connectivity index (χ1) is 10.3. The van der Waals surface area contributed by atoms with Gasteiger partial charge in [-0.2, -0.15) is 0 Å². The van der Waals surface area contributed by atoms with E-state index < -0.39 is 0 Å². The molecule has 1 aromatic rings. The summed E-state index contributed by atoms with van der Waals surface area (Å²) in [4.78, 5) is 16.1. The molecule has 5 nitrogen and oxygen atoms in total. The number of carbonyl (C=O) groups is 1. The van der Waals surface area contributed by atoms with Crippen LogP contribution in [0.4, 0.5) is 0 Å². The molecule has 1 unspecified atom stereocenters. The van der Waals surface area contributed by atoms with Crippen molar-refractivity contribution in [3.8, 4) is 11.8 Å². The first kappa shape index (κ1) is 15.5. The molecule has 1 saturated heterocycles. The van der Waals surface area contributed by atoms with Gasteiger partial charge in [0.05, 0.1) is 18.2 Å². The molecule has 0 aromatic carbocycles. The van der Waals surface area contributed by atoms with Gasteiger partial charge in [-0.1, -0.05) is 11.8 Å². The fourth-order valence-electron chi connectivity index (χ4n) is 2.27. The van der Waals surface area contributed by atoms with Crippen LogP contribution in [-0.2, 0) is 4.74 Å². The summed E-state index contributed by atoms with van der Waals surface area (Å²) in [6.07, 6.45) is 7.73. The standard InChI is InChI=1S/C16H21N3O2/c17-7-3-4-13-10-14(12-18-11-13)16(20)19-8-6-15-5-1-2-9-21-15/h10-12,15H,1-2,5-9,17H2,(H,19,20). The van der Waals surface area contributed by atoms with Crippen LogP contribution in [0, 0.1) is 11.8 Å². The van der Waals surface area contributed by atoms with Gasteiger partial charge >= 0.3 is 0 Å². The van der Waals surface area contributed by atoms with Crippen LogP contribution in [0.25, 0.3) is 0 Å². The number of aromatic nitrogens is 1. The lowest BCUT2D eigenvalue weighted by molar-refractivity contribution is 0.0117. The lowest BCUT2D eigenvalue weighted by atomic mass is 10.1. The number of hydrogen-bond donors (Lipinski definition) is 2. The second-order valence-corrected chi connectivity index (χ2v) is 5.00. The molecular formula is C16H21N3O2. The Morgan fingerprint density at radius 2 is 2.38 bits per heavy atom. The third kappa shape index (κ3) is 5.18. The van der Waals surface area contributed by atoms with Crippen molar-refractivity contribution in [2.24, 2.45) is 5.73 Å². The van der Waals surface area contributed by atoms with Gasteiger partial charge in [-0.05, 0) is 31.7 Å². The highest BCUT2D eigenvalue weighted by Crippen LogP contribution is 2.14. The van der Waals surface area contributed by atoms with E-state index in [0.717, 1.165) is 25.9 Å². The minimum atomic E-state index is -0.130. The van der Waals surface area contributed by atoms with Gasteiger partial charge in [0.25, 0.3) is 5.91 Å². The smallest absolute Gasteiger partial charge is 0.252 e. The zero-order chi connectivity index (χ0) is 14.9. The number of nitrogens with zero attached hydrogens (tertiary/aromatic N) is 1. The van der Waals surface area contributed by atoms with Crippen molar-refractivity contribution in [1.82, 2.24) is 10.3 Å². The van der Waals surface area contributed by atoms with E-state index in [9.17, 15) is 4.79 Å². The molecule has 0 spiro atoms. The summed E-state index contributed by atoms with van der Waals surface area (Å²) in [7, 11) is 0. The van der Waals surface area contributed by atoms with Crippen molar-refractivity contribution in [1.29, 1.82) is 0 Å². The SMILES string of the molecule is NCC#Cc1cncc(C(=O)NCCC2CCCCO2)c1. The monoisotopic (exact) mass is 287 g/mol. The molecule has 0 bridgehead atoms. The van der Waals surface area contributed by atoms with Crippen LogP contribution in [0.2, 0.25) is 0 Å². The van der Waals surface area contributed by atoms with Gasteiger partial charge < -0.3 is 15.8 Å².